The molecule has 0 aliphatic rings. The molecule has 1 aromatic carbocycles. The topological polar surface area (TPSA) is 107 Å². The molecule has 0 radical (unpaired) electrons. The fraction of sp³-hybridized carbons (Fsp3) is 0.577. The summed E-state index contributed by atoms with van der Waals surface area (Å²) in [5.41, 5.74) is 9.11. The fourth-order valence-corrected chi connectivity index (χ4v) is 4.64. The summed E-state index contributed by atoms with van der Waals surface area (Å²) in [4.78, 5) is 20.5. The van der Waals surface area contributed by atoms with Crippen LogP contribution in [0.25, 0.3) is 21.9 Å². The van der Waals surface area contributed by atoms with Crippen LogP contribution in [0.2, 0.25) is 0 Å². The van der Waals surface area contributed by atoms with E-state index < -0.39 is 0 Å². The van der Waals surface area contributed by atoms with E-state index in [1.165, 1.54) is 0 Å². The van der Waals surface area contributed by atoms with E-state index in [9.17, 15) is 4.79 Å². The number of aromatic nitrogens is 3. The molecule has 0 unspecified atom stereocenters. The zero-order valence-electron chi connectivity index (χ0n) is 21.4. The standard InChI is InChI=1S/C26H40N6O2S/c1-4-11-23-31-24-25(32(23)16-9-8-15-29-35-3)21-13-12-20(18-22(21)30-26(24)27)34-17-10-6-5-7-14-28-19(2)33/h12-13,18,29H,4-11,14-17H2,1-3H3,(H2,27,30)(H,28,33). The molecule has 0 aliphatic carbocycles. The van der Waals surface area contributed by atoms with Crippen molar-refractivity contribution in [3.05, 3.63) is 24.0 Å². The summed E-state index contributed by atoms with van der Waals surface area (Å²) in [5.74, 6) is 2.40. The second kappa shape index (κ2) is 14.1. The number of hydrogen-bond donors (Lipinski definition) is 3. The van der Waals surface area contributed by atoms with Crippen LogP contribution < -0.4 is 20.5 Å². The summed E-state index contributed by atoms with van der Waals surface area (Å²) in [6, 6.07) is 6.10. The van der Waals surface area contributed by atoms with E-state index >= 15 is 0 Å². The van der Waals surface area contributed by atoms with Crippen LogP contribution in [0.4, 0.5) is 5.82 Å². The lowest BCUT2D eigenvalue weighted by atomic mass is 10.1. The number of fused-ring (bicyclic) bond motifs is 3. The molecule has 192 valence electrons. The molecule has 0 fully saturated rings. The minimum Gasteiger partial charge on any atom is -0.494 e. The number of unbranched alkanes of at least 4 members (excludes halogenated alkanes) is 4. The highest BCUT2D eigenvalue weighted by molar-refractivity contribution is 7.96. The normalized spacial score (nSPS) is 11.4. The maximum Gasteiger partial charge on any atom is 0.216 e. The predicted molar refractivity (Wildman–Crippen MR) is 147 cm³/mol. The maximum atomic E-state index is 10.9. The number of nitrogens with zero attached hydrogens (tertiary/aromatic N) is 3. The lowest BCUT2D eigenvalue weighted by molar-refractivity contribution is -0.118. The highest BCUT2D eigenvalue weighted by Gasteiger charge is 2.17. The van der Waals surface area contributed by atoms with Crippen LogP contribution >= 0.6 is 11.9 Å². The van der Waals surface area contributed by atoms with E-state index in [4.69, 9.17) is 15.5 Å². The number of rotatable bonds is 16. The number of nitrogens with two attached hydrogens (primary N) is 1. The number of carbonyl (C=O) groups is 1. The quantitative estimate of drug-likeness (QED) is 0.191. The van der Waals surface area contributed by atoms with Gasteiger partial charge in [-0.15, -0.1) is 0 Å². The number of imidazole rings is 1. The van der Waals surface area contributed by atoms with Crippen molar-refractivity contribution in [1.82, 2.24) is 24.6 Å². The third-order valence-corrected chi connectivity index (χ3v) is 6.49. The highest BCUT2D eigenvalue weighted by Crippen LogP contribution is 2.31. The first kappa shape index (κ1) is 27.1. The van der Waals surface area contributed by atoms with Crippen LogP contribution in [0.1, 0.15) is 64.6 Å². The summed E-state index contributed by atoms with van der Waals surface area (Å²) in [6.45, 7) is 7.05. The van der Waals surface area contributed by atoms with Crippen LogP contribution in [0.15, 0.2) is 18.2 Å². The van der Waals surface area contributed by atoms with Gasteiger partial charge in [0.15, 0.2) is 5.82 Å². The Hall–Kier alpha value is -2.52. The van der Waals surface area contributed by atoms with Crippen molar-refractivity contribution in [3.63, 3.8) is 0 Å². The van der Waals surface area contributed by atoms with Crippen LogP contribution in [-0.2, 0) is 17.8 Å². The Kier molecular flexibility index (Phi) is 10.9. The first-order valence-corrected chi connectivity index (χ1v) is 14.0. The maximum absolute atomic E-state index is 10.9. The molecule has 8 nitrogen and oxygen atoms in total. The number of nitrogen functional groups attached to an aromatic ring is 1. The third kappa shape index (κ3) is 7.73. The highest BCUT2D eigenvalue weighted by atomic mass is 32.2. The molecule has 0 saturated carbocycles. The second-order valence-electron chi connectivity index (χ2n) is 8.85. The first-order valence-electron chi connectivity index (χ1n) is 12.8. The van der Waals surface area contributed by atoms with E-state index in [2.05, 4.69) is 38.8 Å². The lowest BCUT2D eigenvalue weighted by Crippen LogP contribution is -2.20. The SMILES string of the molecule is CCCc1nc2c(N)nc3cc(OCCCCCCNC(C)=O)ccc3c2n1CCCCNSC. The second-order valence-corrected chi connectivity index (χ2v) is 9.55. The van der Waals surface area contributed by atoms with Crippen LogP contribution in [0, 0.1) is 0 Å². The van der Waals surface area contributed by atoms with Gasteiger partial charge < -0.3 is 20.4 Å². The van der Waals surface area contributed by atoms with E-state index in [0.29, 0.717) is 12.4 Å². The molecule has 1 amide bonds. The van der Waals surface area contributed by atoms with E-state index in [-0.39, 0.29) is 5.91 Å². The van der Waals surface area contributed by atoms with E-state index in [1.54, 1.807) is 18.9 Å². The number of carbonyl (C=O) groups excluding carboxylic acids is 1. The van der Waals surface area contributed by atoms with Crippen molar-refractivity contribution < 1.29 is 9.53 Å². The number of benzene rings is 1. The number of amides is 1. The van der Waals surface area contributed by atoms with Crippen molar-refractivity contribution in [1.29, 1.82) is 0 Å². The molecule has 0 spiro atoms. The minimum atomic E-state index is 0.0317. The fourth-order valence-electron chi connectivity index (χ4n) is 4.29. The number of nitrogens with one attached hydrogen (secondary N) is 2. The molecule has 9 heteroatoms. The first-order chi connectivity index (χ1) is 17.0. The smallest absolute Gasteiger partial charge is 0.216 e. The molecule has 0 aliphatic heterocycles. The molecular weight excluding hydrogens is 460 g/mol. The van der Waals surface area contributed by atoms with Crippen molar-refractivity contribution in [2.75, 3.05) is 31.7 Å². The summed E-state index contributed by atoms with van der Waals surface area (Å²) in [6.07, 6.45) is 10.3. The minimum absolute atomic E-state index is 0.0317. The van der Waals surface area contributed by atoms with Gasteiger partial charge in [0.05, 0.1) is 17.6 Å². The summed E-state index contributed by atoms with van der Waals surface area (Å²) >= 11 is 1.66. The Morgan fingerprint density at radius 2 is 1.91 bits per heavy atom. The molecular formula is C26H40N6O2S. The van der Waals surface area contributed by atoms with Crippen LogP contribution in [0.5, 0.6) is 5.75 Å². The van der Waals surface area contributed by atoms with E-state index in [1.807, 2.05) is 12.1 Å². The van der Waals surface area contributed by atoms with Crippen molar-refractivity contribution >= 4 is 45.6 Å². The summed E-state index contributed by atoms with van der Waals surface area (Å²) in [7, 11) is 0. The molecule has 4 N–H and O–H groups in total. The van der Waals surface area contributed by atoms with Crippen molar-refractivity contribution in [2.24, 2.45) is 0 Å². The van der Waals surface area contributed by atoms with Gasteiger partial charge in [0.1, 0.15) is 17.1 Å². The Labute approximate surface area is 212 Å². The van der Waals surface area contributed by atoms with Crippen LogP contribution in [-0.4, -0.2) is 46.4 Å². The average Bonchev–Trinajstić information content (AvgIpc) is 3.19. The molecule has 0 bridgehead atoms. The average molecular weight is 501 g/mol. The number of hydrogen-bond acceptors (Lipinski definition) is 7. The van der Waals surface area contributed by atoms with Gasteiger partial charge in [0, 0.05) is 44.4 Å². The molecule has 2 aromatic heterocycles. The molecule has 3 rings (SSSR count). The largest absolute Gasteiger partial charge is 0.494 e. The molecule has 35 heavy (non-hydrogen) atoms. The predicted octanol–water partition coefficient (Wildman–Crippen LogP) is 4.84. The van der Waals surface area contributed by atoms with Gasteiger partial charge >= 0.3 is 0 Å². The Morgan fingerprint density at radius 3 is 2.69 bits per heavy atom. The number of anilines is 1. The van der Waals surface area contributed by atoms with Gasteiger partial charge in [-0.1, -0.05) is 31.7 Å². The molecule has 2 heterocycles. The van der Waals surface area contributed by atoms with Crippen molar-refractivity contribution in [2.45, 2.75) is 71.8 Å². The lowest BCUT2D eigenvalue weighted by Gasteiger charge is -2.12. The van der Waals surface area contributed by atoms with Gasteiger partial charge in [-0.05, 0) is 50.5 Å². The summed E-state index contributed by atoms with van der Waals surface area (Å²) in [5, 5.41) is 3.90. The zero-order valence-corrected chi connectivity index (χ0v) is 22.2. The Bertz CT molecular complexity index is 1100. The number of aryl methyl sites for hydroxylation is 2. The molecule has 3 aromatic rings. The van der Waals surface area contributed by atoms with E-state index in [0.717, 1.165) is 105 Å². The Balaban J connectivity index is 1.70. The summed E-state index contributed by atoms with van der Waals surface area (Å²) < 4.78 is 11.7. The third-order valence-electron chi connectivity index (χ3n) is 6.00. The number of pyridine rings is 1. The Morgan fingerprint density at radius 1 is 1.11 bits per heavy atom. The van der Waals surface area contributed by atoms with Crippen molar-refractivity contribution in [3.8, 4) is 5.75 Å². The van der Waals surface area contributed by atoms with Gasteiger partial charge in [0.2, 0.25) is 5.91 Å². The van der Waals surface area contributed by atoms with Gasteiger partial charge in [-0.25, -0.2) is 9.97 Å². The molecule has 0 atom stereocenters. The zero-order chi connectivity index (χ0) is 25.0. The van der Waals surface area contributed by atoms with Crippen LogP contribution in [0.3, 0.4) is 0 Å². The van der Waals surface area contributed by atoms with Gasteiger partial charge in [-0.2, -0.15) is 0 Å². The number of ether oxygens (including phenoxy) is 1. The monoisotopic (exact) mass is 500 g/mol. The van der Waals surface area contributed by atoms with Gasteiger partial charge in [0.25, 0.3) is 0 Å². The van der Waals surface area contributed by atoms with Gasteiger partial charge in [-0.3, -0.25) is 9.52 Å². The molecule has 0 saturated heterocycles.